The number of hydrogen-bond donors (Lipinski definition) is 2. The number of aromatic nitrogens is 3. The highest BCUT2D eigenvalue weighted by molar-refractivity contribution is 8.00. The Hall–Kier alpha value is -3.98. The SMILES string of the molecule is CCOc1ccc(NC(=O)[C@H]2Sc3nnc(-c4ccccc4)n3N[C@@H]2c2ccc(OC)cc2)cc1. The van der Waals surface area contributed by atoms with Gasteiger partial charge in [-0.2, -0.15) is 0 Å². The van der Waals surface area contributed by atoms with Crippen LogP contribution in [0.4, 0.5) is 5.69 Å². The molecule has 2 atom stereocenters. The smallest absolute Gasteiger partial charge is 0.240 e. The summed E-state index contributed by atoms with van der Waals surface area (Å²) in [4.78, 5) is 13.5. The molecule has 0 aliphatic carbocycles. The summed E-state index contributed by atoms with van der Waals surface area (Å²) in [6.07, 6.45) is 0. The van der Waals surface area contributed by atoms with Crippen LogP contribution in [-0.4, -0.2) is 39.7 Å². The van der Waals surface area contributed by atoms with Gasteiger partial charge in [0.1, 0.15) is 16.7 Å². The van der Waals surface area contributed by atoms with Gasteiger partial charge in [-0.05, 0) is 48.9 Å². The summed E-state index contributed by atoms with van der Waals surface area (Å²) >= 11 is 1.38. The lowest BCUT2D eigenvalue weighted by molar-refractivity contribution is -0.116. The zero-order valence-corrected chi connectivity index (χ0v) is 20.2. The first-order chi connectivity index (χ1) is 17.2. The van der Waals surface area contributed by atoms with Crippen LogP contribution in [0.3, 0.4) is 0 Å². The predicted molar refractivity (Wildman–Crippen MR) is 136 cm³/mol. The molecule has 9 heteroatoms. The first kappa shape index (κ1) is 22.8. The lowest BCUT2D eigenvalue weighted by Crippen LogP contribution is -2.41. The average Bonchev–Trinajstić information content (AvgIpc) is 3.33. The number of anilines is 1. The molecule has 1 aromatic heterocycles. The maximum Gasteiger partial charge on any atom is 0.240 e. The normalized spacial score (nSPS) is 16.6. The van der Waals surface area contributed by atoms with Crippen molar-refractivity contribution in [3.05, 3.63) is 84.4 Å². The molecule has 2 N–H and O–H groups in total. The largest absolute Gasteiger partial charge is 0.497 e. The third-order valence-corrected chi connectivity index (χ3v) is 6.85. The van der Waals surface area contributed by atoms with Gasteiger partial charge >= 0.3 is 0 Å². The molecule has 1 aliphatic rings. The lowest BCUT2D eigenvalue weighted by Gasteiger charge is -2.33. The molecule has 0 bridgehead atoms. The molecule has 3 aromatic carbocycles. The first-order valence-corrected chi connectivity index (χ1v) is 12.2. The fraction of sp³-hybridized carbons (Fsp3) is 0.192. The number of carbonyl (C=O) groups is 1. The van der Waals surface area contributed by atoms with Crippen LogP contribution >= 0.6 is 11.8 Å². The van der Waals surface area contributed by atoms with Crippen molar-refractivity contribution in [2.24, 2.45) is 0 Å². The minimum Gasteiger partial charge on any atom is -0.497 e. The molecule has 5 rings (SSSR count). The van der Waals surface area contributed by atoms with Crippen LogP contribution < -0.4 is 20.2 Å². The van der Waals surface area contributed by atoms with Crippen LogP contribution in [0.5, 0.6) is 11.5 Å². The number of carbonyl (C=O) groups excluding carboxylic acids is 1. The van der Waals surface area contributed by atoms with E-state index in [2.05, 4.69) is 20.9 Å². The molecule has 8 nitrogen and oxygen atoms in total. The number of ether oxygens (including phenoxy) is 2. The zero-order chi connectivity index (χ0) is 24.2. The van der Waals surface area contributed by atoms with Crippen LogP contribution in [0, 0.1) is 0 Å². The third-order valence-electron chi connectivity index (χ3n) is 5.63. The van der Waals surface area contributed by atoms with Crippen molar-refractivity contribution in [2.45, 2.75) is 23.4 Å². The van der Waals surface area contributed by atoms with E-state index in [4.69, 9.17) is 9.47 Å². The van der Waals surface area contributed by atoms with E-state index in [-0.39, 0.29) is 11.9 Å². The Morgan fingerprint density at radius 2 is 1.71 bits per heavy atom. The molecule has 178 valence electrons. The molecule has 0 radical (unpaired) electrons. The molecule has 4 aromatic rings. The van der Waals surface area contributed by atoms with E-state index in [1.807, 2.05) is 90.5 Å². The van der Waals surface area contributed by atoms with Gasteiger partial charge in [0, 0.05) is 11.3 Å². The molecule has 0 saturated carbocycles. The molecular weight excluding hydrogens is 462 g/mol. The highest BCUT2D eigenvalue weighted by atomic mass is 32.2. The Labute approximate surface area is 207 Å². The number of hydrogen-bond acceptors (Lipinski definition) is 7. The summed E-state index contributed by atoms with van der Waals surface area (Å²) in [6.45, 7) is 2.52. The van der Waals surface area contributed by atoms with Crippen LogP contribution in [0.1, 0.15) is 18.5 Å². The van der Waals surface area contributed by atoms with Gasteiger partial charge in [0.05, 0.1) is 19.8 Å². The van der Waals surface area contributed by atoms with E-state index in [9.17, 15) is 4.79 Å². The zero-order valence-electron chi connectivity index (χ0n) is 19.3. The van der Waals surface area contributed by atoms with Crippen molar-refractivity contribution in [1.29, 1.82) is 0 Å². The molecule has 0 unspecified atom stereocenters. The predicted octanol–water partition coefficient (Wildman–Crippen LogP) is 4.75. The maximum absolute atomic E-state index is 13.5. The Morgan fingerprint density at radius 3 is 2.40 bits per heavy atom. The summed E-state index contributed by atoms with van der Waals surface area (Å²) in [5.74, 6) is 2.07. The summed E-state index contributed by atoms with van der Waals surface area (Å²) < 4.78 is 12.7. The van der Waals surface area contributed by atoms with Crippen molar-refractivity contribution in [3.63, 3.8) is 0 Å². The van der Waals surface area contributed by atoms with Crippen molar-refractivity contribution < 1.29 is 14.3 Å². The molecule has 0 fully saturated rings. The summed E-state index contributed by atoms with van der Waals surface area (Å²) in [6, 6.07) is 24.6. The summed E-state index contributed by atoms with van der Waals surface area (Å²) in [7, 11) is 1.63. The minimum atomic E-state index is -0.490. The van der Waals surface area contributed by atoms with Crippen LogP contribution in [0.15, 0.2) is 84.0 Å². The topological polar surface area (TPSA) is 90.3 Å². The lowest BCUT2D eigenvalue weighted by atomic mass is 10.0. The van der Waals surface area contributed by atoms with E-state index in [0.717, 1.165) is 22.6 Å². The molecule has 0 spiro atoms. The molecule has 1 aliphatic heterocycles. The van der Waals surface area contributed by atoms with Crippen molar-refractivity contribution in [3.8, 4) is 22.9 Å². The minimum absolute atomic E-state index is 0.136. The van der Waals surface area contributed by atoms with Gasteiger partial charge in [-0.25, -0.2) is 4.68 Å². The maximum atomic E-state index is 13.5. The highest BCUT2D eigenvalue weighted by Crippen LogP contribution is 2.39. The molecular formula is C26H25N5O3S. The van der Waals surface area contributed by atoms with Crippen LogP contribution in [0.2, 0.25) is 0 Å². The number of fused-ring (bicyclic) bond motifs is 1. The Kier molecular flexibility index (Phi) is 6.58. The number of amides is 1. The average molecular weight is 488 g/mol. The van der Waals surface area contributed by atoms with Gasteiger partial charge in [-0.3, -0.25) is 4.79 Å². The second-order valence-corrected chi connectivity index (χ2v) is 8.98. The van der Waals surface area contributed by atoms with E-state index in [0.29, 0.717) is 23.3 Å². The number of nitrogens with one attached hydrogen (secondary N) is 2. The first-order valence-electron chi connectivity index (χ1n) is 11.3. The van der Waals surface area contributed by atoms with Crippen LogP contribution in [0.25, 0.3) is 11.4 Å². The standard InChI is InChI=1S/C26H25N5O3S/c1-3-34-21-15-11-19(12-16-21)27-25(32)23-22(17-9-13-20(33-2)14-10-17)30-31-24(28-29-26(31)35-23)18-7-5-4-6-8-18/h4-16,22-23,30H,3H2,1-2H3,(H,27,32)/t22-,23+/m1/s1. The Bertz CT molecular complexity index is 1290. The Balaban J connectivity index is 1.46. The van der Waals surface area contributed by atoms with Gasteiger partial charge in [-0.1, -0.05) is 54.2 Å². The fourth-order valence-electron chi connectivity index (χ4n) is 3.91. The van der Waals surface area contributed by atoms with Gasteiger partial charge in [0.25, 0.3) is 0 Å². The van der Waals surface area contributed by atoms with E-state index in [1.165, 1.54) is 11.8 Å². The van der Waals surface area contributed by atoms with E-state index in [1.54, 1.807) is 7.11 Å². The van der Waals surface area contributed by atoms with Crippen molar-refractivity contribution >= 4 is 23.4 Å². The van der Waals surface area contributed by atoms with Gasteiger partial charge < -0.3 is 20.2 Å². The second-order valence-electron chi connectivity index (χ2n) is 7.87. The number of nitrogens with zero attached hydrogens (tertiary/aromatic N) is 3. The molecule has 0 saturated heterocycles. The van der Waals surface area contributed by atoms with Gasteiger partial charge in [0.15, 0.2) is 5.82 Å². The molecule has 35 heavy (non-hydrogen) atoms. The highest BCUT2D eigenvalue weighted by Gasteiger charge is 2.38. The number of methoxy groups -OCH3 is 1. The number of benzene rings is 3. The fourth-order valence-corrected chi connectivity index (χ4v) is 4.98. The second kappa shape index (κ2) is 10.1. The third kappa shape index (κ3) is 4.81. The summed E-state index contributed by atoms with van der Waals surface area (Å²) in [5.41, 5.74) is 6.07. The van der Waals surface area contributed by atoms with E-state index >= 15 is 0 Å². The summed E-state index contributed by atoms with van der Waals surface area (Å²) in [5, 5.41) is 11.9. The monoisotopic (exact) mass is 487 g/mol. The van der Waals surface area contributed by atoms with Crippen molar-refractivity contribution in [2.75, 3.05) is 24.5 Å². The quantitative estimate of drug-likeness (QED) is 0.389. The van der Waals surface area contributed by atoms with E-state index < -0.39 is 5.25 Å². The number of thioether (sulfide) groups is 1. The molecule has 2 heterocycles. The van der Waals surface area contributed by atoms with Gasteiger partial charge in [0.2, 0.25) is 11.1 Å². The van der Waals surface area contributed by atoms with Crippen molar-refractivity contribution in [1.82, 2.24) is 14.9 Å². The van der Waals surface area contributed by atoms with Gasteiger partial charge in [-0.15, -0.1) is 10.2 Å². The molecule has 1 amide bonds. The Morgan fingerprint density at radius 1 is 1.00 bits per heavy atom. The number of rotatable bonds is 7. The van der Waals surface area contributed by atoms with Crippen LogP contribution in [-0.2, 0) is 4.79 Å².